The number of phosphoric ester groups is 1. The Hall–Kier alpha value is -1.22. The number of rotatable bonds is 40. The van der Waals surface area contributed by atoms with E-state index in [2.05, 4.69) is 26.0 Å². The van der Waals surface area contributed by atoms with Gasteiger partial charge >= 0.3 is 13.8 Å². The third-order valence-electron chi connectivity index (χ3n) is 8.95. The second kappa shape index (κ2) is 38.5. The highest BCUT2D eigenvalue weighted by Gasteiger charge is 2.26. The summed E-state index contributed by atoms with van der Waals surface area (Å²) in [6.07, 6.45) is 39.4. The van der Waals surface area contributed by atoms with Crippen LogP contribution in [0, 0.1) is 0 Å². The van der Waals surface area contributed by atoms with Crippen molar-refractivity contribution in [1.29, 1.82) is 0 Å². The standard InChI is InChI=1S/C41H79O9P/c1-3-5-7-9-11-13-15-17-18-19-20-21-22-24-26-28-30-32-34-47-37-40(38-49-51(45,46)48-36-39(43)35-42)50-41(44)33-31-29-27-25-23-16-14-12-10-8-6-4-2/h12,14,32,34,39-40,42-43H,3-11,13,15-31,33,35-38H2,1-2H3,(H,45,46)/b14-12-,34-32-/t39-,40+/m0/s1. The van der Waals surface area contributed by atoms with Crippen LogP contribution in [-0.4, -0.2) is 59.7 Å². The molecule has 0 aliphatic rings. The van der Waals surface area contributed by atoms with Crippen molar-refractivity contribution in [1.82, 2.24) is 0 Å². The zero-order chi connectivity index (χ0) is 37.5. The third kappa shape index (κ3) is 38.3. The molecule has 3 atom stereocenters. The van der Waals surface area contributed by atoms with Gasteiger partial charge in [-0.3, -0.25) is 13.8 Å². The smallest absolute Gasteiger partial charge is 0.472 e. The Labute approximate surface area is 313 Å². The molecule has 0 aromatic carbocycles. The molecule has 0 aromatic rings. The molecule has 0 heterocycles. The van der Waals surface area contributed by atoms with Crippen LogP contribution in [0.3, 0.4) is 0 Å². The number of unbranched alkanes of at least 4 members (excludes halogenated alkanes) is 24. The zero-order valence-corrected chi connectivity index (χ0v) is 33.7. The van der Waals surface area contributed by atoms with E-state index in [0.29, 0.717) is 6.42 Å². The van der Waals surface area contributed by atoms with Gasteiger partial charge in [0, 0.05) is 6.42 Å². The molecular formula is C41H79O9P. The van der Waals surface area contributed by atoms with Crippen LogP contribution in [-0.2, 0) is 27.9 Å². The second-order valence-corrected chi connectivity index (χ2v) is 15.5. The summed E-state index contributed by atoms with van der Waals surface area (Å²) in [7, 11) is -4.53. The van der Waals surface area contributed by atoms with Crippen LogP contribution >= 0.6 is 7.82 Å². The van der Waals surface area contributed by atoms with Gasteiger partial charge in [0.2, 0.25) is 0 Å². The van der Waals surface area contributed by atoms with E-state index in [-0.39, 0.29) is 13.0 Å². The summed E-state index contributed by atoms with van der Waals surface area (Å²) in [6, 6.07) is 0. The molecule has 0 spiro atoms. The maximum atomic E-state index is 12.5. The minimum Gasteiger partial charge on any atom is -0.498 e. The van der Waals surface area contributed by atoms with Crippen molar-refractivity contribution in [3.8, 4) is 0 Å². The number of hydrogen-bond donors (Lipinski definition) is 3. The molecule has 0 rings (SSSR count). The average Bonchev–Trinajstić information content (AvgIpc) is 3.12. The number of allylic oxidation sites excluding steroid dienone is 3. The zero-order valence-electron chi connectivity index (χ0n) is 32.8. The molecule has 302 valence electrons. The predicted octanol–water partition coefficient (Wildman–Crippen LogP) is 11.4. The predicted molar refractivity (Wildman–Crippen MR) is 210 cm³/mol. The summed E-state index contributed by atoms with van der Waals surface area (Å²) in [4.78, 5) is 22.5. The number of hydrogen-bond acceptors (Lipinski definition) is 8. The first-order valence-electron chi connectivity index (χ1n) is 20.9. The normalized spacial score (nSPS) is 14.3. The van der Waals surface area contributed by atoms with Crippen molar-refractivity contribution in [2.24, 2.45) is 0 Å². The molecule has 3 N–H and O–H groups in total. The van der Waals surface area contributed by atoms with E-state index < -0.39 is 45.8 Å². The summed E-state index contributed by atoms with van der Waals surface area (Å²) in [6.45, 7) is 2.86. The maximum Gasteiger partial charge on any atom is 0.472 e. The van der Waals surface area contributed by atoms with Crippen LogP contribution in [0.5, 0.6) is 0 Å². The van der Waals surface area contributed by atoms with Crippen LogP contribution in [0.2, 0.25) is 0 Å². The van der Waals surface area contributed by atoms with Gasteiger partial charge in [-0.25, -0.2) is 4.57 Å². The van der Waals surface area contributed by atoms with Crippen LogP contribution < -0.4 is 0 Å². The fourth-order valence-corrected chi connectivity index (χ4v) is 6.52. The topological polar surface area (TPSA) is 132 Å². The molecule has 1 unspecified atom stereocenters. The van der Waals surface area contributed by atoms with Gasteiger partial charge < -0.3 is 24.6 Å². The Morgan fingerprint density at radius 2 is 1.00 bits per heavy atom. The molecule has 0 saturated heterocycles. The first-order chi connectivity index (χ1) is 24.8. The lowest BCUT2D eigenvalue weighted by molar-refractivity contribution is -0.153. The maximum absolute atomic E-state index is 12.5. The van der Waals surface area contributed by atoms with Crippen molar-refractivity contribution in [3.63, 3.8) is 0 Å². The third-order valence-corrected chi connectivity index (χ3v) is 9.90. The molecule has 0 radical (unpaired) electrons. The van der Waals surface area contributed by atoms with E-state index in [1.54, 1.807) is 6.26 Å². The van der Waals surface area contributed by atoms with Gasteiger partial charge in [0.05, 0.1) is 26.1 Å². The largest absolute Gasteiger partial charge is 0.498 e. The molecule has 0 aromatic heterocycles. The summed E-state index contributed by atoms with van der Waals surface area (Å²) < 4.78 is 33.0. The number of phosphoric acid groups is 1. The Morgan fingerprint density at radius 1 is 0.588 bits per heavy atom. The number of aliphatic hydroxyl groups excluding tert-OH is 2. The van der Waals surface area contributed by atoms with Gasteiger partial charge in [-0.15, -0.1) is 0 Å². The quantitative estimate of drug-likeness (QED) is 0.0184. The minimum absolute atomic E-state index is 0.0353. The highest BCUT2D eigenvalue weighted by atomic mass is 31.2. The lowest BCUT2D eigenvalue weighted by Crippen LogP contribution is -2.28. The molecule has 9 nitrogen and oxygen atoms in total. The fourth-order valence-electron chi connectivity index (χ4n) is 5.73. The highest BCUT2D eigenvalue weighted by molar-refractivity contribution is 7.47. The van der Waals surface area contributed by atoms with E-state index in [9.17, 15) is 19.4 Å². The summed E-state index contributed by atoms with van der Waals surface area (Å²) in [5, 5.41) is 18.3. The molecule has 0 amide bonds. The van der Waals surface area contributed by atoms with E-state index in [4.69, 9.17) is 23.6 Å². The van der Waals surface area contributed by atoms with E-state index >= 15 is 0 Å². The Balaban J connectivity index is 4.20. The van der Waals surface area contributed by atoms with Crippen LogP contribution in [0.25, 0.3) is 0 Å². The number of carbonyl (C=O) groups is 1. The highest BCUT2D eigenvalue weighted by Crippen LogP contribution is 2.43. The van der Waals surface area contributed by atoms with Gasteiger partial charge in [0.1, 0.15) is 12.7 Å². The summed E-state index contributed by atoms with van der Waals surface area (Å²) >= 11 is 0. The van der Waals surface area contributed by atoms with Crippen molar-refractivity contribution < 1.29 is 43.0 Å². The molecule has 0 bridgehead atoms. The minimum atomic E-state index is -4.53. The average molecular weight is 747 g/mol. The van der Waals surface area contributed by atoms with Crippen molar-refractivity contribution in [2.75, 3.05) is 26.4 Å². The van der Waals surface area contributed by atoms with Crippen LogP contribution in [0.1, 0.15) is 194 Å². The Kier molecular flexibility index (Phi) is 37.6. The molecular weight excluding hydrogens is 667 g/mol. The lowest BCUT2D eigenvalue weighted by Gasteiger charge is -2.20. The van der Waals surface area contributed by atoms with Crippen molar-refractivity contribution in [3.05, 3.63) is 24.5 Å². The molecule has 10 heteroatoms. The monoisotopic (exact) mass is 747 g/mol. The number of aliphatic hydroxyl groups is 2. The van der Waals surface area contributed by atoms with Crippen LogP contribution in [0.4, 0.5) is 0 Å². The molecule has 0 aliphatic carbocycles. The van der Waals surface area contributed by atoms with Gasteiger partial charge in [0.15, 0.2) is 6.10 Å². The van der Waals surface area contributed by atoms with Gasteiger partial charge in [-0.05, 0) is 51.0 Å². The lowest BCUT2D eigenvalue weighted by atomic mass is 10.0. The molecule has 51 heavy (non-hydrogen) atoms. The molecule has 0 aliphatic heterocycles. The first kappa shape index (κ1) is 49.8. The van der Waals surface area contributed by atoms with Gasteiger partial charge in [-0.1, -0.05) is 154 Å². The Bertz CT molecular complexity index is 851. The number of esters is 1. The fraction of sp³-hybridized carbons (Fsp3) is 0.878. The van der Waals surface area contributed by atoms with Crippen molar-refractivity contribution >= 4 is 13.8 Å². The van der Waals surface area contributed by atoms with Gasteiger partial charge in [-0.2, -0.15) is 0 Å². The summed E-state index contributed by atoms with van der Waals surface area (Å²) in [5.41, 5.74) is 0. The second-order valence-electron chi connectivity index (χ2n) is 14.1. The van der Waals surface area contributed by atoms with Gasteiger partial charge in [0.25, 0.3) is 0 Å². The van der Waals surface area contributed by atoms with Crippen LogP contribution in [0.15, 0.2) is 24.5 Å². The van der Waals surface area contributed by atoms with E-state index in [1.807, 2.05) is 6.08 Å². The van der Waals surface area contributed by atoms with E-state index in [0.717, 1.165) is 44.9 Å². The number of carbonyl (C=O) groups excluding carboxylic acids is 1. The van der Waals surface area contributed by atoms with Crippen molar-refractivity contribution in [2.45, 2.75) is 206 Å². The summed E-state index contributed by atoms with van der Waals surface area (Å²) in [5.74, 6) is -0.413. The van der Waals surface area contributed by atoms with E-state index in [1.165, 1.54) is 122 Å². The molecule has 0 fully saturated rings. The Morgan fingerprint density at radius 3 is 1.51 bits per heavy atom. The molecule has 0 saturated carbocycles. The SMILES string of the molecule is CCCCC/C=C\CCCCCCCC(=O)O[C@H](CO/C=C\CCCCCCCCCCCCCCCCCC)COP(=O)(O)OC[C@@H](O)CO. The number of ether oxygens (including phenoxy) is 2. The first-order valence-corrected chi connectivity index (χ1v) is 22.4.